The SMILES string of the molecule is CC(=O)N[C@H]1[C@H](O[C@H]2[C@@H](O)[C@@H](CO)O[C@@H](O[C@H]3[C@H](O[C@@H]4O[C@@H](C)[C@@H](O)[C@@H](O)[C@@H]4O)[C@@H](NC(C)=O)[C@H](OCCCCCN)O[C@@H]3CO)[C@@H]2O)O[C@H](CO)[C@@H](O[C@@H]2O[C@H](CO)[C@H](O)[C@H](O)[C@H]2O)[C@@H]1O[C@@H]1O[C@@H](C)[C@@H](O)[C@@H](O)[C@@H]1O. The Balaban J connectivity index is 1.36. The second kappa shape index (κ2) is 28.7. The largest absolute Gasteiger partial charge is 0.394 e. The Morgan fingerprint density at radius 2 is 0.766 bits per heavy atom. The highest BCUT2D eigenvalue weighted by atomic mass is 16.8. The number of nitrogens with one attached hydrogen (secondary N) is 2. The molecular formula is C45H79N3O29. The van der Waals surface area contributed by atoms with Crippen molar-refractivity contribution in [2.24, 2.45) is 5.73 Å². The molecule has 19 N–H and O–H groups in total. The van der Waals surface area contributed by atoms with Crippen LogP contribution < -0.4 is 16.4 Å². The van der Waals surface area contributed by atoms with E-state index in [4.69, 9.17) is 62.6 Å². The Hall–Kier alpha value is -2.18. The lowest BCUT2D eigenvalue weighted by Gasteiger charge is -2.52. The van der Waals surface area contributed by atoms with Crippen molar-refractivity contribution >= 4 is 11.8 Å². The van der Waals surface area contributed by atoms with Crippen LogP contribution in [0.15, 0.2) is 0 Å². The summed E-state index contributed by atoms with van der Waals surface area (Å²) in [5.74, 6) is -1.54. The van der Waals surface area contributed by atoms with Gasteiger partial charge in [-0.15, -0.1) is 0 Å². The summed E-state index contributed by atoms with van der Waals surface area (Å²) in [4.78, 5) is 26.0. The van der Waals surface area contributed by atoms with Gasteiger partial charge in [-0.25, -0.2) is 0 Å². The lowest BCUT2D eigenvalue weighted by molar-refractivity contribution is -0.394. The van der Waals surface area contributed by atoms with Gasteiger partial charge in [0.25, 0.3) is 0 Å². The van der Waals surface area contributed by atoms with Gasteiger partial charge in [0.2, 0.25) is 11.8 Å². The number of ether oxygens (including phenoxy) is 12. The molecule has 0 radical (unpaired) electrons. The molecule has 77 heavy (non-hydrogen) atoms. The third-order valence-corrected chi connectivity index (χ3v) is 14.3. The molecule has 30 atom stereocenters. The lowest BCUT2D eigenvalue weighted by atomic mass is 9.93. The monoisotopic (exact) mass is 1130 g/mol. The van der Waals surface area contributed by atoms with Gasteiger partial charge in [-0.3, -0.25) is 9.59 Å². The first-order chi connectivity index (χ1) is 36.5. The molecule has 0 bridgehead atoms. The zero-order valence-electron chi connectivity index (χ0n) is 42.7. The first-order valence-electron chi connectivity index (χ1n) is 25.5. The van der Waals surface area contributed by atoms with Gasteiger partial charge in [-0.1, -0.05) is 0 Å². The molecule has 0 aromatic rings. The van der Waals surface area contributed by atoms with Gasteiger partial charge < -0.3 is 150 Å². The van der Waals surface area contributed by atoms with E-state index in [1.54, 1.807) is 0 Å². The second-order valence-electron chi connectivity index (χ2n) is 19.9. The van der Waals surface area contributed by atoms with Crippen LogP contribution >= 0.6 is 0 Å². The molecule has 0 aromatic carbocycles. The van der Waals surface area contributed by atoms with E-state index in [0.717, 1.165) is 13.8 Å². The third-order valence-electron chi connectivity index (χ3n) is 14.3. The van der Waals surface area contributed by atoms with E-state index >= 15 is 0 Å². The van der Waals surface area contributed by atoms with E-state index in [9.17, 15) is 86.2 Å². The first-order valence-corrected chi connectivity index (χ1v) is 25.5. The Bertz CT molecular complexity index is 1820. The quantitative estimate of drug-likeness (QED) is 0.0448. The number of hydrogen-bond acceptors (Lipinski definition) is 30. The van der Waals surface area contributed by atoms with Gasteiger partial charge in [-0.2, -0.15) is 0 Å². The highest BCUT2D eigenvalue weighted by molar-refractivity contribution is 5.73. The van der Waals surface area contributed by atoms with Crippen LogP contribution in [-0.4, -0.2) is 312 Å². The van der Waals surface area contributed by atoms with Gasteiger partial charge in [0, 0.05) is 20.5 Å². The molecule has 0 aliphatic carbocycles. The average molecular weight is 1130 g/mol. The lowest BCUT2D eigenvalue weighted by Crippen LogP contribution is -2.71. The predicted molar refractivity (Wildman–Crippen MR) is 246 cm³/mol. The highest BCUT2D eigenvalue weighted by Gasteiger charge is 2.59. The molecule has 6 aliphatic rings. The van der Waals surface area contributed by atoms with Gasteiger partial charge in [-0.05, 0) is 39.7 Å². The molecule has 0 aromatic heterocycles. The number of aliphatic hydroxyl groups excluding tert-OH is 15. The fraction of sp³-hybridized carbons (Fsp3) is 0.956. The number of aliphatic hydroxyl groups is 15. The minimum atomic E-state index is -2.23. The van der Waals surface area contributed by atoms with E-state index in [1.807, 2.05) is 0 Å². The Morgan fingerprint density at radius 3 is 1.21 bits per heavy atom. The van der Waals surface area contributed by atoms with Crippen LogP contribution in [-0.2, 0) is 66.4 Å². The number of unbranched alkanes of at least 4 members (excludes halogenated alkanes) is 2. The Morgan fingerprint density at radius 1 is 0.403 bits per heavy atom. The third kappa shape index (κ3) is 14.7. The van der Waals surface area contributed by atoms with Crippen molar-refractivity contribution in [2.75, 3.05) is 39.6 Å². The van der Waals surface area contributed by atoms with E-state index in [2.05, 4.69) is 10.6 Å². The fourth-order valence-electron chi connectivity index (χ4n) is 9.94. The molecule has 32 nitrogen and oxygen atoms in total. The second-order valence-corrected chi connectivity index (χ2v) is 19.9. The van der Waals surface area contributed by atoms with Crippen molar-refractivity contribution in [3.05, 3.63) is 0 Å². The molecule has 6 rings (SSSR count). The van der Waals surface area contributed by atoms with E-state index in [0.29, 0.717) is 25.8 Å². The van der Waals surface area contributed by atoms with Gasteiger partial charge in [0.15, 0.2) is 37.7 Å². The molecule has 6 heterocycles. The summed E-state index contributed by atoms with van der Waals surface area (Å²) in [6, 6.07) is -3.22. The summed E-state index contributed by atoms with van der Waals surface area (Å²) in [5, 5.41) is 168. The zero-order valence-corrected chi connectivity index (χ0v) is 42.7. The number of carbonyl (C=O) groups is 2. The maximum atomic E-state index is 13.1. The van der Waals surface area contributed by atoms with Gasteiger partial charge in [0.05, 0.1) is 38.6 Å². The Kier molecular flexibility index (Phi) is 23.8. The summed E-state index contributed by atoms with van der Waals surface area (Å²) in [6.07, 6.45) is -48.6. The molecule has 2 amide bonds. The topological polar surface area (TPSA) is 498 Å². The van der Waals surface area contributed by atoms with E-state index in [-0.39, 0.29) is 6.61 Å². The molecule has 6 saturated heterocycles. The number of nitrogens with two attached hydrogens (primary N) is 1. The van der Waals surface area contributed by atoms with Crippen LogP contribution in [0, 0.1) is 0 Å². The maximum Gasteiger partial charge on any atom is 0.217 e. The standard InChI is InChI=1S/C45H79N3O29/c1-14-24(55)28(59)31(62)42(67-14)75-37-22(47-16(3)53)40(66-9-7-5-6-8-46)71-20(12-51)35(37)74-45-34(65)39(27(58)19(11-50)70-45)77-41-23(48-17(4)54)38(76-43-32(63)29(60)25(56)15(2)68-43)36(21(13-52)72-41)73-44-33(64)30(61)26(57)18(10-49)69-44/h14-15,18-45,49-52,55-65H,5-13,46H2,1-4H3,(H,47,53)(H,48,54)/t14-,15-,18+,19+,20+,21+,22+,23+,24+,25+,26-,27-,28+,29+,30-,31-,32-,33+,34+,35+,36+,37+,38+,39-,40+,41-,42-,43-,44-,45-/m0/s1. The molecule has 6 aliphatic heterocycles. The molecule has 0 saturated carbocycles. The minimum absolute atomic E-state index is 0.0337. The molecule has 0 unspecified atom stereocenters. The number of carbonyl (C=O) groups excluding carboxylic acids is 2. The van der Waals surface area contributed by atoms with Crippen molar-refractivity contribution in [1.29, 1.82) is 0 Å². The summed E-state index contributed by atoms with van der Waals surface area (Å²) in [5.41, 5.74) is 5.64. The number of rotatable bonds is 22. The van der Waals surface area contributed by atoms with Crippen molar-refractivity contribution in [3.63, 3.8) is 0 Å². The molecule has 0 spiro atoms. The zero-order chi connectivity index (χ0) is 56.7. The van der Waals surface area contributed by atoms with Crippen LogP contribution in [0.4, 0.5) is 0 Å². The molecular weight excluding hydrogens is 1050 g/mol. The van der Waals surface area contributed by atoms with Crippen molar-refractivity contribution in [2.45, 2.75) is 231 Å². The molecule has 6 fully saturated rings. The average Bonchev–Trinajstić information content (AvgIpc) is 3.40. The van der Waals surface area contributed by atoms with Crippen LogP contribution in [0.3, 0.4) is 0 Å². The summed E-state index contributed by atoms with van der Waals surface area (Å²) >= 11 is 0. The normalized spacial score (nSPS) is 47.8. The number of amides is 2. The van der Waals surface area contributed by atoms with Crippen LogP contribution in [0.1, 0.15) is 47.0 Å². The first kappa shape index (κ1) is 64.0. The Labute approximate surface area is 441 Å². The summed E-state index contributed by atoms with van der Waals surface area (Å²) in [6.45, 7) is 1.41. The maximum absolute atomic E-state index is 13.1. The summed E-state index contributed by atoms with van der Waals surface area (Å²) < 4.78 is 72.3. The predicted octanol–water partition coefficient (Wildman–Crippen LogP) is -10.6. The van der Waals surface area contributed by atoms with Crippen molar-refractivity contribution < 1.29 is 143 Å². The van der Waals surface area contributed by atoms with Crippen LogP contribution in [0.25, 0.3) is 0 Å². The van der Waals surface area contributed by atoms with E-state index in [1.165, 1.54) is 13.8 Å². The number of hydrogen-bond donors (Lipinski definition) is 18. The van der Waals surface area contributed by atoms with E-state index < -0.39 is 222 Å². The highest BCUT2D eigenvalue weighted by Crippen LogP contribution is 2.38. The smallest absolute Gasteiger partial charge is 0.217 e. The van der Waals surface area contributed by atoms with Gasteiger partial charge >= 0.3 is 0 Å². The van der Waals surface area contributed by atoms with Gasteiger partial charge in [0.1, 0.15) is 134 Å². The van der Waals surface area contributed by atoms with Crippen LogP contribution in [0.2, 0.25) is 0 Å². The minimum Gasteiger partial charge on any atom is -0.394 e. The van der Waals surface area contributed by atoms with Crippen molar-refractivity contribution in [1.82, 2.24) is 10.6 Å². The molecule has 448 valence electrons. The van der Waals surface area contributed by atoms with Crippen molar-refractivity contribution in [3.8, 4) is 0 Å². The fourth-order valence-corrected chi connectivity index (χ4v) is 9.94. The summed E-state index contributed by atoms with van der Waals surface area (Å²) in [7, 11) is 0. The molecule has 32 heteroatoms. The van der Waals surface area contributed by atoms with Crippen LogP contribution in [0.5, 0.6) is 0 Å².